The van der Waals surface area contributed by atoms with Crippen molar-refractivity contribution in [3.05, 3.63) is 17.7 Å². The highest BCUT2D eigenvalue weighted by Crippen LogP contribution is 2.37. The molecule has 1 saturated heterocycles. The molecule has 9 heteroatoms. The van der Waals surface area contributed by atoms with E-state index in [1.807, 2.05) is 18.9 Å². The average molecular weight is 478 g/mol. The van der Waals surface area contributed by atoms with Crippen LogP contribution in [-0.2, 0) is 19.6 Å². The molecule has 1 N–H and O–H groups in total. The van der Waals surface area contributed by atoms with E-state index >= 15 is 0 Å². The zero-order valence-electron chi connectivity index (χ0n) is 19.8. The van der Waals surface area contributed by atoms with Crippen molar-refractivity contribution in [3.8, 4) is 5.75 Å². The molecule has 182 valence electrons. The lowest BCUT2D eigenvalue weighted by Gasteiger charge is -2.37. The number of sulfonamides is 1. The summed E-state index contributed by atoms with van der Waals surface area (Å²) >= 11 is 0. The largest absolute Gasteiger partial charge is 0.478 e. The third kappa shape index (κ3) is 4.75. The summed E-state index contributed by atoms with van der Waals surface area (Å²) in [5, 5.41) is 2.80. The first-order valence-corrected chi connectivity index (χ1v) is 13.6. The van der Waals surface area contributed by atoms with Crippen LogP contribution in [0.4, 0.5) is 5.69 Å². The number of aryl methyl sites for hydroxylation is 1. The number of benzene rings is 1. The highest BCUT2D eigenvalue weighted by Gasteiger charge is 2.37. The molecule has 0 unspecified atom stereocenters. The van der Waals surface area contributed by atoms with Crippen molar-refractivity contribution >= 4 is 27.5 Å². The molecule has 4 rings (SSSR count). The smallest absolute Gasteiger partial charge is 0.265 e. The molecule has 1 aliphatic carbocycles. The number of rotatable bonds is 5. The lowest BCUT2D eigenvalue weighted by molar-refractivity contribution is -0.138. The van der Waals surface area contributed by atoms with E-state index in [0.717, 1.165) is 25.7 Å². The Bertz CT molecular complexity index is 1020. The van der Waals surface area contributed by atoms with Crippen LogP contribution in [-0.4, -0.2) is 61.7 Å². The Morgan fingerprint density at radius 2 is 1.91 bits per heavy atom. The number of nitrogens with zero attached hydrogens (tertiary/aromatic N) is 2. The number of carbonyl (C=O) groups excluding carboxylic acids is 2. The van der Waals surface area contributed by atoms with Crippen molar-refractivity contribution < 1.29 is 22.7 Å². The summed E-state index contributed by atoms with van der Waals surface area (Å²) in [6.45, 7) is 4.15. The maximum absolute atomic E-state index is 13.6. The molecule has 8 nitrogen and oxygen atoms in total. The number of hydrogen-bond acceptors (Lipinski definition) is 5. The van der Waals surface area contributed by atoms with Crippen molar-refractivity contribution in [1.29, 1.82) is 0 Å². The van der Waals surface area contributed by atoms with Gasteiger partial charge in [-0.2, -0.15) is 4.31 Å². The van der Waals surface area contributed by atoms with E-state index in [1.54, 1.807) is 13.0 Å². The van der Waals surface area contributed by atoms with Crippen LogP contribution < -0.4 is 10.1 Å². The summed E-state index contributed by atoms with van der Waals surface area (Å²) in [4.78, 5) is 27.3. The second kappa shape index (κ2) is 9.62. The van der Waals surface area contributed by atoms with Crippen LogP contribution in [0.1, 0.15) is 63.9 Å². The SMILES string of the molecule is CC[C@H]1Oc2cc(S(=O)(=O)N3CCC[C@@H](C(=O)N(C)C4CCCCC4)C3)c(C)cc2NC1=O. The molecule has 2 atom stereocenters. The minimum Gasteiger partial charge on any atom is -0.478 e. The molecule has 0 aromatic heterocycles. The fourth-order valence-electron chi connectivity index (χ4n) is 5.27. The number of piperidine rings is 1. The highest BCUT2D eigenvalue weighted by molar-refractivity contribution is 7.89. The number of fused-ring (bicyclic) bond motifs is 1. The van der Waals surface area contributed by atoms with Crippen LogP contribution in [0, 0.1) is 12.8 Å². The van der Waals surface area contributed by atoms with Gasteiger partial charge in [0, 0.05) is 32.2 Å². The second-order valence-corrected chi connectivity index (χ2v) is 11.5. The lowest BCUT2D eigenvalue weighted by atomic mass is 9.92. The number of hydrogen-bond donors (Lipinski definition) is 1. The summed E-state index contributed by atoms with van der Waals surface area (Å²) in [6.07, 6.45) is 6.79. The third-order valence-corrected chi connectivity index (χ3v) is 9.30. The van der Waals surface area contributed by atoms with Gasteiger partial charge >= 0.3 is 0 Å². The maximum Gasteiger partial charge on any atom is 0.265 e. The summed E-state index contributed by atoms with van der Waals surface area (Å²) < 4.78 is 34.4. The van der Waals surface area contributed by atoms with Crippen LogP contribution in [0.25, 0.3) is 0 Å². The Morgan fingerprint density at radius 1 is 1.18 bits per heavy atom. The van der Waals surface area contributed by atoms with Gasteiger partial charge in [0.25, 0.3) is 5.91 Å². The normalized spacial score (nSPS) is 24.5. The van der Waals surface area contributed by atoms with Crippen LogP contribution in [0.2, 0.25) is 0 Å². The van der Waals surface area contributed by atoms with Crippen LogP contribution >= 0.6 is 0 Å². The number of nitrogens with one attached hydrogen (secondary N) is 1. The molecule has 33 heavy (non-hydrogen) atoms. The minimum absolute atomic E-state index is 0.0563. The summed E-state index contributed by atoms with van der Waals surface area (Å²) in [6, 6.07) is 3.43. The molecule has 0 spiro atoms. The Kier molecular flexibility index (Phi) is 7.00. The monoisotopic (exact) mass is 477 g/mol. The van der Waals surface area contributed by atoms with E-state index in [1.165, 1.54) is 16.8 Å². The van der Waals surface area contributed by atoms with Gasteiger partial charge < -0.3 is 15.0 Å². The van der Waals surface area contributed by atoms with Crippen molar-refractivity contribution in [2.45, 2.75) is 82.3 Å². The van der Waals surface area contributed by atoms with Crippen molar-refractivity contribution in [2.75, 3.05) is 25.5 Å². The van der Waals surface area contributed by atoms with Crippen molar-refractivity contribution in [1.82, 2.24) is 9.21 Å². The van der Waals surface area contributed by atoms with Gasteiger partial charge in [-0.3, -0.25) is 9.59 Å². The fourth-order valence-corrected chi connectivity index (χ4v) is 7.01. The molecular formula is C24H35N3O5S. The minimum atomic E-state index is -3.81. The Balaban J connectivity index is 1.53. The molecule has 1 aromatic carbocycles. The lowest BCUT2D eigenvalue weighted by Crippen LogP contribution is -2.48. The van der Waals surface area contributed by atoms with Gasteiger partial charge in [0.1, 0.15) is 5.75 Å². The van der Waals surface area contributed by atoms with Crippen molar-refractivity contribution in [2.24, 2.45) is 5.92 Å². The molecule has 2 heterocycles. The molecule has 1 saturated carbocycles. The molecule has 0 radical (unpaired) electrons. The van der Waals surface area contributed by atoms with Gasteiger partial charge in [-0.1, -0.05) is 26.2 Å². The second-order valence-electron chi connectivity index (χ2n) is 9.56. The van der Waals surface area contributed by atoms with E-state index in [-0.39, 0.29) is 35.2 Å². The van der Waals surface area contributed by atoms with Gasteiger partial charge in [-0.15, -0.1) is 0 Å². The number of ether oxygens (including phenoxy) is 1. The molecule has 0 bridgehead atoms. The Morgan fingerprint density at radius 3 is 2.61 bits per heavy atom. The highest BCUT2D eigenvalue weighted by atomic mass is 32.2. The van der Waals surface area contributed by atoms with Crippen LogP contribution in [0.3, 0.4) is 0 Å². The van der Waals surface area contributed by atoms with Gasteiger partial charge in [0.2, 0.25) is 15.9 Å². The first-order valence-electron chi connectivity index (χ1n) is 12.1. The van der Waals surface area contributed by atoms with E-state index in [0.29, 0.717) is 42.8 Å². The zero-order chi connectivity index (χ0) is 23.8. The summed E-state index contributed by atoms with van der Waals surface area (Å²) in [5.41, 5.74) is 1.03. The third-order valence-electron chi connectivity index (χ3n) is 7.29. The predicted molar refractivity (Wildman–Crippen MR) is 126 cm³/mol. The number of amides is 2. The topological polar surface area (TPSA) is 96.0 Å². The first-order chi connectivity index (χ1) is 15.7. The standard InChI is InChI=1S/C24H35N3O5S/c1-4-20-23(28)25-19-13-16(2)22(14-21(19)32-20)33(30,31)27-12-8-9-17(15-27)24(29)26(3)18-10-6-5-7-11-18/h13-14,17-18,20H,4-12,15H2,1-3H3,(H,25,28)/t17-,20-/m1/s1. The quantitative estimate of drug-likeness (QED) is 0.702. The Hall–Kier alpha value is -2.13. The van der Waals surface area contributed by atoms with E-state index in [2.05, 4.69) is 5.32 Å². The zero-order valence-corrected chi connectivity index (χ0v) is 20.6. The van der Waals surface area contributed by atoms with Gasteiger partial charge in [-0.25, -0.2) is 8.42 Å². The van der Waals surface area contributed by atoms with E-state index in [9.17, 15) is 18.0 Å². The first kappa shape index (κ1) is 24.0. The van der Waals surface area contributed by atoms with E-state index in [4.69, 9.17) is 4.74 Å². The molecule has 2 fully saturated rings. The molecule has 2 amide bonds. The predicted octanol–water partition coefficient (Wildman–Crippen LogP) is 3.30. The molecular weight excluding hydrogens is 442 g/mol. The summed E-state index contributed by atoms with van der Waals surface area (Å²) in [7, 11) is -1.94. The fraction of sp³-hybridized carbons (Fsp3) is 0.667. The van der Waals surface area contributed by atoms with Crippen molar-refractivity contribution in [3.63, 3.8) is 0 Å². The Labute approximate surface area is 196 Å². The maximum atomic E-state index is 13.6. The van der Waals surface area contributed by atoms with Gasteiger partial charge in [0.15, 0.2) is 6.10 Å². The number of carbonyl (C=O) groups is 2. The average Bonchev–Trinajstić information content (AvgIpc) is 2.83. The summed E-state index contributed by atoms with van der Waals surface area (Å²) in [5.74, 6) is -0.119. The number of anilines is 1. The van der Waals surface area contributed by atoms with Gasteiger partial charge in [0.05, 0.1) is 16.5 Å². The van der Waals surface area contributed by atoms with E-state index < -0.39 is 16.1 Å². The van der Waals surface area contributed by atoms with Crippen LogP contribution in [0.15, 0.2) is 17.0 Å². The molecule has 2 aliphatic heterocycles. The molecule has 3 aliphatic rings. The molecule has 1 aromatic rings. The van der Waals surface area contributed by atoms with Gasteiger partial charge in [-0.05, 0) is 50.7 Å². The van der Waals surface area contributed by atoms with Crippen LogP contribution in [0.5, 0.6) is 5.75 Å².